The van der Waals surface area contributed by atoms with E-state index in [1.807, 2.05) is 6.07 Å². The van der Waals surface area contributed by atoms with Crippen molar-refractivity contribution in [2.75, 3.05) is 0 Å². The fourth-order valence-corrected chi connectivity index (χ4v) is 2.50. The highest BCUT2D eigenvalue weighted by Gasteiger charge is 2.16. The number of rotatable bonds is 3. The molecule has 1 N–H and O–H groups in total. The number of hydrogen-bond acceptors (Lipinski definition) is 2. The highest BCUT2D eigenvalue weighted by atomic mass is 35.5. The summed E-state index contributed by atoms with van der Waals surface area (Å²) in [6, 6.07) is 10.2. The minimum Gasteiger partial charge on any atom is -0.345 e. The maximum Gasteiger partial charge on any atom is 0.251 e. The summed E-state index contributed by atoms with van der Waals surface area (Å²) in [4.78, 5) is 12.2. The number of nitriles is 1. The largest absolute Gasteiger partial charge is 0.345 e. The number of benzene rings is 2. The number of halogens is 3. The molecule has 2 aromatic rings. The SMILES string of the molecule is C[C@@H](NC(=O)c1cccc(C#N)c1)c1cc(F)c(Cl)cc1Cl. The van der Waals surface area contributed by atoms with Gasteiger partial charge in [0.2, 0.25) is 0 Å². The summed E-state index contributed by atoms with van der Waals surface area (Å²) in [5, 5.41) is 11.7. The van der Waals surface area contributed by atoms with Crippen molar-refractivity contribution in [3.8, 4) is 6.07 Å². The molecule has 0 bridgehead atoms. The fraction of sp³-hybridized carbons (Fsp3) is 0.125. The van der Waals surface area contributed by atoms with E-state index in [-0.39, 0.29) is 16.0 Å². The molecule has 0 aliphatic rings. The van der Waals surface area contributed by atoms with Crippen LogP contribution in [0, 0.1) is 17.1 Å². The van der Waals surface area contributed by atoms with E-state index >= 15 is 0 Å². The Bertz CT molecular complexity index is 771. The van der Waals surface area contributed by atoms with E-state index in [2.05, 4.69) is 5.32 Å². The minimum absolute atomic E-state index is 0.0750. The quantitative estimate of drug-likeness (QED) is 0.839. The van der Waals surface area contributed by atoms with E-state index in [1.54, 1.807) is 25.1 Å². The molecule has 6 heteroatoms. The summed E-state index contributed by atoms with van der Waals surface area (Å²) < 4.78 is 13.5. The Kier molecular flexibility index (Phi) is 5.02. The Morgan fingerprint density at radius 1 is 1.27 bits per heavy atom. The number of nitrogens with zero attached hydrogens (tertiary/aromatic N) is 1. The Hall–Kier alpha value is -2.09. The van der Waals surface area contributed by atoms with Gasteiger partial charge in [0.05, 0.1) is 22.7 Å². The van der Waals surface area contributed by atoms with Crippen molar-refractivity contribution in [2.45, 2.75) is 13.0 Å². The van der Waals surface area contributed by atoms with Gasteiger partial charge in [-0.2, -0.15) is 5.26 Å². The lowest BCUT2D eigenvalue weighted by Crippen LogP contribution is -2.27. The molecule has 0 saturated carbocycles. The van der Waals surface area contributed by atoms with Crippen LogP contribution in [0.3, 0.4) is 0 Å². The van der Waals surface area contributed by atoms with Gasteiger partial charge in [-0.1, -0.05) is 29.3 Å². The Morgan fingerprint density at radius 2 is 2.00 bits per heavy atom. The van der Waals surface area contributed by atoms with Crippen LogP contribution in [0.5, 0.6) is 0 Å². The average molecular weight is 337 g/mol. The minimum atomic E-state index is -0.603. The maximum atomic E-state index is 13.5. The lowest BCUT2D eigenvalue weighted by molar-refractivity contribution is 0.0940. The third-order valence-corrected chi connectivity index (χ3v) is 3.72. The van der Waals surface area contributed by atoms with Crippen LogP contribution in [-0.2, 0) is 0 Å². The van der Waals surface area contributed by atoms with E-state index in [9.17, 15) is 9.18 Å². The summed E-state index contributed by atoms with van der Waals surface area (Å²) in [6.45, 7) is 1.68. The second-order valence-corrected chi connectivity index (χ2v) is 5.49. The zero-order valence-corrected chi connectivity index (χ0v) is 13.0. The van der Waals surface area contributed by atoms with Crippen LogP contribution < -0.4 is 5.32 Å². The third kappa shape index (κ3) is 3.56. The molecule has 2 rings (SSSR count). The highest BCUT2D eigenvalue weighted by molar-refractivity contribution is 6.35. The van der Waals surface area contributed by atoms with Crippen LogP contribution in [0.25, 0.3) is 0 Å². The van der Waals surface area contributed by atoms with Crippen molar-refractivity contribution in [1.82, 2.24) is 5.32 Å². The van der Waals surface area contributed by atoms with Gasteiger partial charge in [-0.3, -0.25) is 4.79 Å². The van der Waals surface area contributed by atoms with Crippen molar-refractivity contribution in [3.05, 3.63) is 69.0 Å². The van der Waals surface area contributed by atoms with E-state index in [4.69, 9.17) is 28.5 Å². The summed E-state index contributed by atoms with van der Waals surface area (Å²) >= 11 is 11.7. The molecular weight excluding hydrogens is 326 g/mol. The maximum absolute atomic E-state index is 13.5. The van der Waals surface area contributed by atoms with Crippen LogP contribution >= 0.6 is 23.2 Å². The molecule has 0 spiro atoms. The lowest BCUT2D eigenvalue weighted by atomic mass is 10.1. The fourth-order valence-electron chi connectivity index (χ4n) is 1.96. The van der Waals surface area contributed by atoms with Crippen molar-refractivity contribution < 1.29 is 9.18 Å². The molecule has 0 fully saturated rings. The molecule has 0 radical (unpaired) electrons. The van der Waals surface area contributed by atoms with Crippen molar-refractivity contribution in [1.29, 1.82) is 5.26 Å². The zero-order chi connectivity index (χ0) is 16.3. The van der Waals surface area contributed by atoms with Gasteiger partial charge in [0, 0.05) is 10.6 Å². The molecule has 0 unspecified atom stereocenters. The molecule has 22 heavy (non-hydrogen) atoms. The monoisotopic (exact) mass is 336 g/mol. The van der Waals surface area contributed by atoms with Gasteiger partial charge in [0.1, 0.15) is 5.82 Å². The van der Waals surface area contributed by atoms with Gasteiger partial charge in [-0.25, -0.2) is 4.39 Å². The number of nitrogens with one attached hydrogen (secondary N) is 1. The molecule has 2 aromatic carbocycles. The van der Waals surface area contributed by atoms with Gasteiger partial charge in [0.15, 0.2) is 0 Å². The molecule has 0 aliphatic carbocycles. The first-order chi connectivity index (χ1) is 10.4. The predicted octanol–water partition coefficient (Wildman–Crippen LogP) is 4.50. The molecule has 3 nitrogen and oxygen atoms in total. The number of amides is 1. The second-order valence-electron chi connectivity index (χ2n) is 4.68. The molecule has 0 aliphatic heterocycles. The van der Waals surface area contributed by atoms with Crippen LogP contribution in [0.15, 0.2) is 36.4 Å². The van der Waals surface area contributed by atoms with Gasteiger partial charge in [0.25, 0.3) is 5.91 Å². The van der Waals surface area contributed by atoms with Crippen molar-refractivity contribution >= 4 is 29.1 Å². The normalized spacial score (nSPS) is 11.6. The molecule has 1 atom stereocenters. The molecule has 0 saturated heterocycles. The van der Waals surface area contributed by atoms with E-state index in [0.29, 0.717) is 16.7 Å². The lowest BCUT2D eigenvalue weighted by Gasteiger charge is -2.16. The van der Waals surface area contributed by atoms with E-state index < -0.39 is 11.9 Å². The number of carbonyl (C=O) groups is 1. The zero-order valence-electron chi connectivity index (χ0n) is 11.5. The standard InChI is InChI=1S/C16H11Cl2FN2O/c1-9(12-6-15(19)14(18)7-13(12)17)21-16(22)11-4-2-3-10(5-11)8-20/h2-7,9H,1H3,(H,21,22)/t9-/m1/s1. The van der Waals surface area contributed by atoms with E-state index in [1.165, 1.54) is 18.2 Å². The van der Waals surface area contributed by atoms with Crippen molar-refractivity contribution in [3.63, 3.8) is 0 Å². The Labute approximate surface area is 137 Å². The van der Waals surface area contributed by atoms with Crippen LogP contribution in [0.2, 0.25) is 10.0 Å². The van der Waals surface area contributed by atoms with Gasteiger partial charge in [-0.05, 0) is 42.8 Å². The Morgan fingerprint density at radius 3 is 2.68 bits per heavy atom. The first kappa shape index (κ1) is 16.3. The summed E-state index contributed by atoms with van der Waals surface area (Å²) in [6.07, 6.45) is 0. The molecule has 0 aromatic heterocycles. The number of carbonyl (C=O) groups excluding carboxylic acids is 1. The first-order valence-electron chi connectivity index (χ1n) is 6.38. The topological polar surface area (TPSA) is 52.9 Å². The molecule has 0 heterocycles. The highest BCUT2D eigenvalue weighted by Crippen LogP contribution is 2.28. The van der Waals surface area contributed by atoms with Crippen LogP contribution in [-0.4, -0.2) is 5.91 Å². The van der Waals surface area contributed by atoms with Crippen LogP contribution in [0.1, 0.15) is 34.5 Å². The van der Waals surface area contributed by atoms with Gasteiger partial charge in [-0.15, -0.1) is 0 Å². The molecule has 1 amide bonds. The van der Waals surface area contributed by atoms with Gasteiger partial charge >= 0.3 is 0 Å². The van der Waals surface area contributed by atoms with E-state index in [0.717, 1.165) is 0 Å². The van der Waals surface area contributed by atoms with Crippen molar-refractivity contribution in [2.24, 2.45) is 0 Å². The smallest absolute Gasteiger partial charge is 0.251 e. The summed E-state index contributed by atoms with van der Waals surface area (Å²) in [5.41, 5.74) is 1.15. The average Bonchev–Trinajstić information content (AvgIpc) is 2.50. The van der Waals surface area contributed by atoms with Crippen LogP contribution in [0.4, 0.5) is 4.39 Å². The molecular formula is C16H11Cl2FN2O. The first-order valence-corrected chi connectivity index (χ1v) is 7.13. The third-order valence-electron chi connectivity index (χ3n) is 3.11. The number of hydrogen-bond donors (Lipinski definition) is 1. The summed E-state index contributed by atoms with van der Waals surface area (Å²) in [7, 11) is 0. The second kappa shape index (κ2) is 6.78. The Balaban J connectivity index is 2.21. The molecule has 112 valence electrons. The predicted molar refractivity (Wildman–Crippen MR) is 83.5 cm³/mol. The van der Waals surface area contributed by atoms with Gasteiger partial charge < -0.3 is 5.32 Å². The summed E-state index contributed by atoms with van der Waals surface area (Å²) in [5.74, 6) is -0.982.